The number of aliphatic hydroxyl groups is 1. The number of ketones is 1. The summed E-state index contributed by atoms with van der Waals surface area (Å²) < 4.78 is 39.3. The number of nitrogens with zero attached hydrogens (tertiary/aromatic N) is 1. The zero-order valence-corrected chi connectivity index (χ0v) is 18.2. The van der Waals surface area contributed by atoms with Gasteiger partial charge >= 0.3 is 6.18 Å². The number of Topliss-reactive ketones (excluding diaryl/α,β-unsaturated/α-hetero) is 1. The Bertz CT molecular complexity index is 1110. The van der Waals surface area contributed by atoms with Crippen molar-refractivity contribution < 1.29 is 33.0 Å². The summed E-state index contributed by atoms with van der Waals surface area (Å²) in [5.74, 6) is -1.44. The maximum absolute atomic E-state index is 13.1. The molecule has 0 bridgehead atoms. The molecule has 1 aliphatic rings. The predicted octanol–water partition coefficient (Wildman–Crippen LogP) is 3.42. The molecule has 2 aromatic rings. The molecule has 2 unspecified atom stereocenters. The molecule has 1 aliphatic carbocycles. The second-order valence-corrected chi connectivity index (χ2v) is 7.81. The number of amides is 1. The van der Waals surface area contributed by atoms with Gasteiger partial charge in [0.25, 0.3) is 5.91 Å². The van der Waals surface area contributed by atoms with Gasteiger partial charge in [0, 0.05) is 14.1 Å². The number of carbonyl (C=O) groups excluding carboxylic acids is 2. The van der Waals surface area contributed by atoms with Crippen molar-refractivity contribution in [3.05, 3.63) is 70.5 Å². The Balaban J connectivity index is 1.91. The minimum absolute atomic E-state index is 0.00417. The van der Waals surface area contributed by atoms with Crippen LogP contribution in [0, 0.1) is 0 Å². The lowest BCUT2D eigenvalue weighted by atomic mass is 9.92. The van der Waals surface area contributed by atoms with E-state index in [2.05, 4.69) is 10.6 Å². The van der Waals surface area contributed by atoms with Crippen LogP contribution in [0.5, 0.6) is 5.75 Å². The number of alkyl halides is 3. The normalized spacial score (nSPS) is 16.8. The molecule has 0 aliphatic heterocycles. The molecule has 0 saturated heterocycles. The van der Waals surface area contributed by atoms with Crippen LogP contribution in [0.2, 0.25) is 0 Å². The number of rotatable bonds is 7. The molecule has 1 amide bonds. The van der Waals surface area contributed by atoms with E-state index in [-0.39, 0.29) is 28.4 Å². The van der Waals surface area contributed by atoms with E-state index in [0.717, 1.165) is 12.1 Å². The molecular formula is C23H24F3N3O4. The van der Waals surface area contributed by atoms with Crippen molar-refractivity contribution in [3.63, 3.8) is 0 Å². The van der Waals surface area contributed by atoms with Crippen LogP contribution in [0.3, 0.4) is 0 Å². The molecule has 0 radical (unpaired) electrons. The summed E-state index contributed by atoms with van der Waals surface area (Å²) in [5, 5.41) is 26.3. The van der Waals surface area contributed by atoms with Crippen molar-refractivity contribution in [2.45, 2.75) is 31.7 Å². The van der Waals surface area contributed by atoms with E-state index >= 15 is 0 Å². The Morgan fingerprint density at radius 3 is 2.45 bits per heavy atom. The monoisotopic (exact) mass is 463 g/mol. The number of aliphatic hydroxyl groups excluding tert-OH is 1. The summed E-state index contributed by atoms with van der Waals surface area (Å²) >= 11 is 0. The Morgan fingerprint density at radius 2 is 1.85 bits per heavy atom. The van der Waals surface area contributed by atoms with Crippen LogP contribution in [-0.2, 0) is 11.0 Å². The lowest BCUT2D eigenvalue weighted by Gasteiger charge is -2.32. The molecule has 0 saturated carbocycles. The molecule has 33 heavy (non-hydrogen) atoms. The van der Waals surface area contributed by atoms with Gasteiger partial charge in [0.1, 0.15) is 5.70 Å². The molecule has 0 spiro atoms. The number of halogens is 3. The van der Waals surface area contributed by atoms with Crippen LogP contribution in [0.15, 0.2) is 53.9 Å². The quantitative estimate of drug-likeness (QED) is 0.470. The number of phenols is 1. The van der Waals surface area contributed by atoms with Gasteiger partial charge in [0.2, 0.25) is 5.78 Å². The van der Waals surface area contributed by atoms with Gasteiger partial charge < -0.3 is 25.7 Å². The smallest absolute Gasteiger partial charge is 0.416 e. The van der Waals surface area contributed by atoms with Crippen LogP contribution in [0.25, 0.3) is 0 Å². The lowest BCUT2D eigenvalue weighted by Crippen LogP contribution is -2.46. The summed E-state index contributed by atoms with van der Waals surface area (Å²) in [7, 11) is 3.05. The first-order chi connectivity index (χ1) is 15.5. The molecule has 3 rings (SSSR count). The number of aromatic hydroxyl groups is 1. The first-order valence-electron chi connectivity index (χ1n) is 10.2. The summed E-state index contributed by atoms with van der Waals surface area (Å²) in [4.78, 5) is 25.8. The van der Waals surface area contributed by atoms with Crippen LogP contribution in [-0.4, -0.2) is 47.0 Å². The second-order valence-electron chi connectivity index (χ2n) is 7.81. The molecule has 2 aromatic carbocycles. The van der Waals surface area contributed by atoms with Gasteiger partial charge in [-0.2, -0.15) is 13.2 Å². The lowest BCUT2D eigenvalue weighted by molar-refractivity contribution is -0.137. The number of anilines is 1. The Morgan fingerprint density at radius 1 is 1.18 bits per heavy atom. The third kappa shape index (κ3) is 4.80. The molecule has 2 atom stereocenters. The highest BCUT2D eigenvalue weighted by Gasteiger charge is 2.40. The fourth-order valence-corrected chi connectivity index (χ4v) is 3.47. The summed E-state index contributed by atoms with van der Waals surface area (Å²) in [6.45, 7) is 1.74. The molecule has 0 heterocycles. The van der Waals surface area contributed by atoms with Gasteiger partial charge in [-0.3, -0.25) is 9.59 Å². The fourth-order valence-electron chi connectivity index (χ4n) is 3.47. The average molecular weight is 463 g/mol. The number of benzene rings is 2. The van der Waals surface area contributed by atoms with E-state index in [0.29, 0.717) is 12.0 Å². The highest BCUT2D eigenvalue weighted by Crippen LogP contribution is 2.35. The molecule has 4 N–H and O–H groups in total. The van der Waals surface area contributed by atoms with Crippen molar-refractivity contribution in [3.8, 4) is 5.75 Å². The molecule has 0 fully saturated rings. The zero-order valence-electron chi connectivity index (χ0n) is 18.2. The summed E-state index contributed by atoms with van der Waals surface area (Å²) in [5.41, 5.74) is -0.313. The first-order valence-corrected chi connectivity index (χ1v) is 10.2. The van der Waals surface area contributed by atoms with E-state index in [1.807, 2.05) is 0 Å². The summed E-state index contributed by atoms with van der Waals surface area (Å²) in [6.07, 6.45) is -5.64. The van der Waals surface area contributed by atoms with Crippen molar-refractivity contribution in [1.82, 2.24) is 10.2 Å². The Hall–Kier alpha value is -3.53. The van der Waals surface area contributed by atoms with Gasteiger partial charge in [-0.25, -0.2) is 0 Å². The fraction of sp³-hybridized carbons (Fsp3) is 0.304. The van der Waals surface area contributed by atoms with Gasteiger partial charge in [0.15, 0.2) is 11.9 Å². The van der Waals surface area contributed by atoms with Gasteiger partial charge in [-0.1, -0.05) is 25.1 Å². The highest BCUT2D eigenvalue weighted by molar-refractivity contribution is 6.09. The molecular weight excluding hydrogens is 439 g/mol. The molecule has 0 aromatic heterocycles. The minimum Gasteiger partial charge on any atom is -0.505 e. The predicted molar refractivity (Wildman–Crippen MR) is 115 cm³/mol. The van der Waals surface area contributed by atoms with Crippen molar-refractivity contribution in [2.24, 2.45) is 0 Å². The number of phenolic OH excluding ortho intramolecular Hbond substituents is 1. The number of nitrogens with one attached hydrogen (secondary N) is 2. The molecule has 7 nitrogen and oxygen atoms in total. The second kappa shape index (κ2) is 9.14. The number of carbonyl (C=O) groups is 2. The Labute approximate surface area is 188 Å². The van der Waals surface area contributed by atoms with Crippen molar-refractivity contribution >= 4 is 17.4 Å². The van der Waals surface area contributed by atoms with Gasteiger partial charge in [-0.15, -0.1) is 0 Å². The Kier molecular flexibility index (Phi) is 6.68. The SMILES string of the molecule is CCC(NC1=C(Nc2cccc(C(=O)N(C)C)c2O)C(O)C1=O)c1cccc(C(F)(F)F)c1. The number of hydrogen-bond acceptors (Lipinski definition) is 6. The van der Waals surface area contributed by atoms with Crippen molar-refractivity contribution in [2.75, 3.05) is 19.4 Å². The maximum Gasteiger partial charge on any atom is 0.416 e. The summed E-state index contributed by atoms with van der Waals surface area (Å²) in [6, 6.07) is 8.57. The van der Waals surface area contributed by atoms with Gasteiger partial charge in [-0.05, 0) is 36.2 Å². The van der Waals surface area contributed by atoms with E-state index in [1.54, 1.807) is 6.92 Å². The number of para-hydroxylation sites is 1. The van der Waals surface area contributed by atoms with E-state index in [1.165, 1.54) is 49.3 Å². The van der Waals surface area contributed by atoms with Crippen molar-refractivity contribution in [1.29, 1.82) is 0 Å². The largest absolute Gasteiger partial charge is 0.505 e. The van der Waals surface area contributed by atoms with Crippen LogP contribution in [0.1, 0.15) is 40.9 Å². The van der Waals surface area contributed by atoms with Crippen LogP contribution < -0.4 is 10.6 Å². The van der Waals surface area contributed by atoms with E-state index < -0.39 is 35.6 Å². The van der Waals surface area contributed by atoms with Crippen LogP contribution >= 0.6 is 0 Å². The van der Waals surface area contributed by atoms with E-state index in [4.69, 9.17) is 0 Å². The third-order valence-electron chi connectivity index (χ3n) is 5.32. The first kappa shape index (κ1) is 24.1. The topological polar surface area (TPSA) is 102 Å². The van der Waals surface area contributed by atoms with Gasteiger partial charge in [0.05, 0.1) is 28.6 Å². The zero-order chi connectivity index (χ0) is 24.5. The maximum atomic E-state index is 13.1. The highest BCUT2D eigenvalue weighted by atomic mass is 19.4. The molecule has 176 valence electrons. The van der Waals surface area contributed by atoms with Crippen LogP contribution in [0.4, 0.5) is 18.9 Å². The third-order valence-corrected chi connectivity index (χ3v) is 5.32. The molecule has 10 heteroatoms. The minimum atomic E-state index is -4.50. The standard InChI is InChI=1S/C23H24F3N3O4/c1-4-15(12-7-5-8-13(11-12)23(24,25)26)27-17-18(21(32)20(17)31)28-16-10-6-9-14(19(16)30)22(33)29(2)3/h5-11,15,21,27-28,30,32H,4H2,1-3H3. The van der Waals surface area contributed by atoms with E-state index in [9.17, 15) is 33.0 Å². The number of hydrogen-bond donors (Lipinski definition) is 4. The average Bonchev–Trinajstić information content (AvgIpc) is 2.78.